The number of hydrogen-bond acceptors (Lipinski definition) is 5. The number of carbonyl (C=O) groups is 1. The van der Waals surface area contributed by atoms with Crippen LogP contribution in [0.15, 0.2) is 53.9 Å². The standard InChI is InChI=1S/C20H15FN2O2S2/c1-12-5-4-8-16-18(12)22-20(27-16)23-19(24)17-9-13(11-26-17)10-25-15-7-3-2-6-14(15)21/h2-9,11H,10H2,1H3,(H,22,23,24). The van der Waals surface area contributed by atoms with Crippen LogP contribution in [-0.2, 0) is 6.61 Å². The highest BCUT2D eigenvalue weighted by Gasteiger charge is 2.13. The molecule has 2 aromatic carbocycles. The van der Waals surface area contributed by atoms with Crippen LogP contribution in [0.25, 0.3) is 10.2 Å². The SMILES string of the molecule is Cc1cccc2sc(NC(=O)c3cc(COc4ccccc4F)cs3)nc12. The number of fused-ring (bicyclic) bond motifs is 1. The Morgan fingerprint density at radius 2 is 2.07 bits per heavy atom. The van der Waals surface area contributed by atoms with Gasteiger partial charge in [-0.05, 0) is 42.1 Å². The van der Waals surface area contributed by atoms with Crippen molar-refractivity contribution in [3.05, 3.63) is 75.7 Å². The van der Waals surface area contributed by atoms with Crippen molar-refractivity contribution in [2.24, 2.45) is 0 Å². The van der Waals surface area contributed by atoms with Crippen molar-refractivity contribution >= 4 is 43.9 Å². The third-order valence-corrected chi connectivity index (χ3v) is 5.86. The molecule has 4 rings (SSSR count). The largest absolute Gasteiger partial charge is 0.486 e. The Labute approximate surface area is 163 Å². The van der Waals surface area contributed by atoms with Gasteiger partial charge in [0, 0.05) is 5.56 Å². The first-order valence-corrected chi connectivity index (χ1v) is 9.92. The number of benzene rings is 2. The number of para-hydroxylation sites is 2. The number of ether oxygens (including phenoxy) is 1. The Morgan fingerprint density at radius 3 is 2.89 bits per heavy atom. The van der Waals surface area contributed by atoms with Crippen molar-refractivity contribution in [1.29, 1.82) is 0 Å². The van der Waals surface area contributed by atoms with Crippen LogP contribution in [-0.4, -0.2) is 10.9 Å². The number of aromatic nitrogens is 1. The van der Waals surface area contributed by atoms with E-state index >= 15 is 0 Å². The molecule has 4 aromatic rings. The van der Waals surface area contributed by atoms with E-state index in [0.29, 0.717) is 10.0 Å². The highest BCUT2D eigenvalue weighted by molar-refractivity contribution is 7.22. The zero-order valence-corrected chi connectivity index (χ0v) is 16.0. The summed E-state index contributed by atoms with van der Waals surface area (Å²) in [6, 6.07) is 13.9. The second kappa shape index (κ2) is 7.46. The van der Waals surface area contributed by atoms with Crippen LogP contribution in [0.5, 0.6) is 5.75 Å². The molecule has 7 heteroatoms. The molecule has 0 saturated heterocycles. The van der Waals surface area contributed by atoms with E-state index in [1.807, 2.05) is 30.5 Å². The smallest absolute Gasteiger partial charge is 0.267 e. The predicted molar refractivity (Wildman–Crippen MR) is 107 cm³/mol. The Hall–Kier alpha value is -2.77. The van der Waals surface area contributed by atoms with Crippen molar-refractivity contribution in [3.8, 4) is 5.75 Å². The average molecular weight is 398 g/mol. The zero-order chi connectivity index (χ0) is 18.8. The number of carbonyl (C=O) groups excluding carboxylic acids is 1. The first-order chi connectivity index (χ1) is 13.1. The van der Waals surface area contributed by atoms with Gasteiger partial charge in [0.05, 0.1) is 15.1 Å². The lowest BCUT2D eigenvalue weighted by atomic mass is 10.2. The molecule has 1 N–H and O–H groups in total. The Kier molecular flexibility index (Phi) is 4.87. The van der Waals surface area contributed by atoms with Gasteiger partial charge in [-0.1, -0.05) is 35.6 Å². The zero-order valence-electron chi connectivity index (χ0n) is 14.4. The van der Waals surface area contributed by atoms with Gasteiger partial charge in [-0.15, -0.1) is 11.3 Å². The highest BCUT2D eigenvalue weighted by atomic mass is 32.1. The number of nitrogens with zero attached hydrogens (tertiary/aromatic N) is 1. The van der Waals surface area contributed by atoms with Gasteiger partial charge >= 0.3 is 0 Å². The molecule has 0 fully saturated rings. The van der Waals surface area contributed by atoms with Gasteiger partial charge in [-0.2, -0.15) is 0 Å². The summed E-state index contributed by atoms with van der Waals surface area (Å²) in [7, 11) is 0. The minimum Gasteiger partial charge on any atom is -0.486 e. The van der Waals surface area contributed by atoms with E-state index in [0.717, 1.165) is 21.3 Å². The van der Waals surface area contributed by atoms with Crippen LogP contribution in [0, 0.1) is 12.7 Å². The lowest BCUT2D eigenvalue weighted by Gasteiger charge is -2.05. The number of thiophene rings is 1. The normalized spacial score (nSPS) is 10.9. The molecular formula is C20H15FN2O2S2. The van der Waals surface area contributed by atoms with Crippen molar-refractivity contribution in [1.82, 2.24) is 4.98 Å². The van der Waals surface area contributed by atoms with Crippen LogP contribution in [0.1, 0.15) is 20.8 Å². The summed E-state index contributed by atoms with van der Waals surface area (Å²) in [5.41, 5.74) is 2.80. The Morgan fingerprint density at radius 1 is 1.22 bits per heavy atom. The molecule has 1 amide bonds. The van der Waals surface area contributed by atoms with Crippen molar-refractivity contribution < 1.29 is 13.9 Å². The second-order valence-electron chi connectivity index (χ2n) is 5.93. The molecule has 4 nitrogen and oxygen atoms in total. The van der Waals surface area contributed by atoms with Gasteiger partial charge in [0.1, 0.15) is 6.61 Å². The van der Waals surface area contributed by atoms with Crippen LogP contribution >= 0.6 is 22.7 Å². The molecule has 0 unspecified atom stereocenters. The summed E-state index contributed by atoms with van der Waals surface area (Å²) < 4.78 is 20.1. The minimum absolute atomic E-state index is 0.194. The number of hydrogen-bond donors (Lipinski definition) is 1. The number of amides is 1. The lowest BCUT2D eigenvalue weighted by molar-refractivity contribution is 0.103. The van der Waals surface area contributed by atoms with E-state index in [-0.39, 0.29) is 18.3 Å². The predicted octanol–water partition coefficient (Wildman–Crippen LogP) is 5.64. The fourth-order valence-electron chi connectivity index (χ4n) is 2.59. The number of rotatable bonds is 5. The monoisotopic (exact) mass is 398 g/mol. The van der Waals surface area contributed by atoms with Crippen molar-refractivity contribution in [2.45, 2.75) is 13.5 Å². The van der Waals surface area contributed by atoms with Crippen molar-refractivity contribution in [3.63, 3.8) is 0 Å². The fraction of sp³-hybridized carbons (Fsp3) is 0.100. The number of halogens is 1. The number of thiazole rings is 1. The Bertz CT molecular complexity index is 1120. The van der Waals surface area contributed by atoms with E-state index in [1.54, 1.807) is 24.3 Å². The summed E-state index contributed by atoms with van der Waals surface area (Å²) in [5.74, 6) is -0.426. The van der Waals surface area contributed by atoms with Crippen molar-refractivity contribution in [2.75, 3.05) is 5.32 Å². The van der Waals surface area contributed by atoms with Gasteiger partial charge in [0.25, 0.3) is 5.91 Å². The molecule has 0 atom stereocenters. The summed E-state index contributed by atoms with van der Waals surface area (Å²) in [6.07, 6.45) is 0. The topological polar surface area (TPSA) is 51.2 Å². The summed E-state index contributed by atoms with van der Waals surface area (Å²) in [6.45, 7) is 2.19. The van der Waals surface area contributed by atoms with E-state index < -0.39 is 5.82 Å². The number of aryl methyl sites for hydroxylation is 1. The Balaban J connectivity index is 1.43. The van der Waals surface area contributed by atoms with E-state index in [9.17, 15) is 9.18 Å². The molecule has 0 aliphatic carbocycles. The summed E-state index contributed by atoms with van der Waals surface area (Å²) in [5, 5.41) is 5.25. The molecule has 0 aliphatic rings. The van der Waals surface area contributed by atoms with Gasteiger partial charge in [0.15, 0.2) is 16.7 Å². The third-order valence-electron chi connectivity index (χ3n) is 3.95. The molecule has 136 valence electrons. The quantitative estimate of drug-likeness (QED) is 0.473. The molecule has 2 heterocycles. The van der Waals surface area contributed by atoms with Gasteiger partial charge < -0.3 is 4.74 Å². The number of nitrogens with one attached hydrogen (secondary N) is 1. The van der Waals surface area contributed by atoms with Gasteiger partial charge in [-0.3, -0.25) is 10.1 Å². The second-order valence-corrected chi connectivity index (χ2v) is 7.87. The first kappa shape index (κ1) is 17.6. The molecule has 0 bridgehead atoms. The summed E-state index contributed by atoms with van der Waals surface area (Å²) in [4.78, 5) is 17.5. The van der Waals surface area contributed by atoms with Gasteiger partial charge in [-0.25, -0.2) is 9.37 Å². The maximum absolute atomic E-state index is 13.6. The molecule has 0 saturated carbocycles. The van der Waals surface area contributed by atoms with Crippen LogP contribution in [0.2, 0.25) is 0 Å². The lowest BCUT2D eigenvalue weighted by Crippen LogP contribution is -2.09. The molecule has 0 radical (unpaired) electrons. The fourth-order valence-corrected chi connectivity index (χ4v) is 4.32. The molecule has 2 aromatic heterocycles. The van der Waals surface area contributed by atoms with Crippen LogP contribution in [0.3, 0.4) is 0 Å². The number of anilines is 1. The minimum atomic E-state index is -0.406. The van der Waals surface area contributed by atoms with Crippen LogP contribution < -0.4 is 10.1 Å². The first-order valence-electron chi connectivity index (χ1n) is 8.22. The molecule has 27 heavy (non-hydrogen) atoms. The highest BCUT2D eigenvalue weighted by Crippen LogP contribution is 2.28. The molecular weight excluding hydrogens is 383 g/mol. The van der Waals surface area contributed by atoms with Crippen LogP contribution in [0.4, 0.5) is 9.52 Å². The molecule has 0 spiro atoms. The molecule has 0 aliphatic heterocycles. The van der Waals surface area contributed by atoms with Gasteiger partial charge in [0.2, 0.25) is 0 Å². The third kappa shape index (κ3) is 3.84. The maximum atomic E-state index is 13.6. The van der Waals surface area contributed by atoms with E-state index in [2.05, 4.69) is 10.3 Å². The van der Waals surface area contributed by atoms with E-state index in [4.69, 9.17) is 4.74 Å². The van der Waals surface area contributed by atoms with E-state index in [1.165, 1.54) is 28.7 Å². The average Bonchev–Trinajstić information content (AvgIpc) is 3.28. The summed E-state index contributed by atoms with van der Waals surface area (Å²) >= 11 is 2.76. The maximum Gasteiger partial charge on any atom is 0.267 e.